The Balaban J connectivity index is 1.49. The average Bonchev–Trinajstić information content (AvgIpc) is 2.90. The molecule has 6 nitrogen and oxygen atoms in total. The fourth-order valence-electron chi connectivity index (χ4n) is 4.69. The first-order valence-electron chi connectivity index (χ1n) is 12.7. The van der Waals surface area contributed by atoms with Gasteiger partial charge in [-0.3, -0.25) is 4.84 Å². The molecule has 0 atom stereocenters. The van der Waals surface area contributed by atoms with Crippen LogP contribution >= 0.6 is 11.6 Å². The van der Waals surface area contributed by atoms with Crippen molar-refractivity contribution >= 4 is 34.0 Å². The van der Waals surface area contributed by atoms with Gasteiger partial charge in [0.25, 0.3) is 0 Å². The maximum Gasteiger partial charge on any atom is 0.172 e. The minimum absolute atomic E-state index is 0.111. The fourth-order valence-corrected chi connectivity index (χ4v) is 4.87. The van der Waals surface area contributed by atoms with E-state index in [9.17, 15) is 4.39 Å². The van der Waals surface area contributed by atoms with Crippen molar-refractivity contribution in [1.82, 2.24) is 14.9 Å². The second kappa shape index (κ2) is 11.9. The molecule has 0 aliphatic carbocycles. The zero-order chi connectivity index (χ0) is 25.6. The number of fused-ring (bicyclic) bond motifs is 1. The van der Waals surface area contributed by atoms with Gasteiger partial charge in [-0.25, -0.2) is 19.4 Å². The van der Waals surface area contributed by atoms with Crippen molar-refractivity contribution in [2.24, 2.45) is 0 Å². The van der Waals surface area contributed by atoms with Crippen molar-refractivity contribution < 1.29 is 14.0 Å². The van der Waals surface area contributed by atoms with Crippen molar-refractivity contribution in [2.45, 2.75) is 38.9 Å². The number of piperidine rings is 1. The predicted octanol–water partition coefficient (Wildman–Crippen LogP) is 6.95. The predicted molar refractivity (Wildman–Crippen MR) is 145 cm³/mol. The molecule has 0 amide bonds. The van der Waals surface area contributed by atoms with Gasteiger partial charge in [-0.1, -0.05) is 42.8 Å². The van der Waals surface area contributed by atoms with Gasteiger partial charge in [0.1, 0.15) is 30.6 Å². The van der Waals surface area contributed by atoms with Crippen LogP contribution in [0.15, 0.2) is 73.1 Å². The minimum Gasteiger partial charge on any atom is -0.489 e. The first kappa shape index (κ1) is 25.4. The number of rotatable bonds is 9. The Labute approximate surface area is 221 Å². The van der Waals surface area contributed by atoms with Gasteiger partial charge in [0.15, 0.2) is 5.82 Å². The first-order valence-corrected chi connectivity index (χ1v) is 13.0. The lowest BCUT2D eigenvalue weighted by Gasteiger charge is -2.32. The van der Waals surface area contributed by atoms with Gasteiger partial charge in [0, 0.05) is 18.1 Å². The van der Waals surface area contributed by atoms with E-state index in [4.69, 9.17) is 21.2 Å². The van der Waals surface area contributed by atoms with E-state index in [1.807, 2.05) is 36.4 Å². The molecule has 192 valence electrons. The van der Waals surface area contributed by atoms with Crippen LogP contribution in [-0.4, -0.2) is 40.6 Å². The Morgan fingerprint density at radius 1 is 1.03 bits per heavy atom. The van der Waals surface area contributed by atoms with E-state index >= 15 is 0 Å². The smallest absolute Gasteiger partial charge is 0.172 e. The number of aromatic nitrogens is 2. The van der Waals surface area contributed by atoms with Gasteiger partial charge in [0.05, 0.1) is 16.6 Å². The molecule has 0 radical (unpaired) electrons. The van der Waals surface area contributed by atoms with Gasteiger partial charge < -0.3 is 9.64 Å². The normalized spacial score (nSPS) is 14.7. The standard InChI is InChI=1S/C29H30ClFN4O2/c1-2-14-34-15-12-25(13-16-34)37-27-11-5-10-26-28(27)29(33-20-32-26)35(24-9-4-7-22(30)18-24)36-19-21-6-3-8-23(31)17-21/h3-11,17-18,20,25H,2,12-16,19H2,1H3. The summed E-state index contributed by atoms with van der Waals surface area (Å²) in [5, 5.41) is 2.93. The molecule has 2 heterocycles. The summed E-state index contributed by atoms with van der Waals surface area (Å²) >= 11 is 6.33. The molecule has 8 heteroatoms. The third kappa shape index (κ3) is 6.18. The zero-order valence-electron chi connectivity index (χ0n) is 20.8. The van der Waals surface area contributed by atoms with E-state index < -0.39 is 0 Å². The van der Waals surface area contributed by atoms with Crippen LogP contribution in [0.1, 0.15) is 31.7 Å². The molecule has 37 heavy (non-hydrogen) atoms. The van der Waals surface area contributed by atoms with Crippen LogP contribution in [0.2, 0.25) is 5.02 Å². The summed E-state index contributed by atoms with van der Waals surface area (Å²) in [6.07, 6.45) is 4.71. The summed E-state index contributed by atoms with van der Waals surface area (Å²) in [6.45, 7) is 5.52. The molecule has 0 saturated carbocycles. The SMILES string of the molecule is CCCN1CCC(Oc2cccc3ncnc(N(OCc4cccc(F)c4)c4cccc(Cl)c4)c23)CC1. The third-order valence-corrected chi connectivity index (χ3v) is 6.69. The number of hydrogen-bond acceptors (Lipinski definition) is 6. The summed E-state index contributed by atoms with van der Waals surface area (Å²) in [7, 11) is 0. The van der Waals surface area contributed by atoms with E-state index in [0.29, 0.717) is 27.8 Å². The average molecular weight is 521 g/mol. The number of benzene rings is 3. The van der Waals surface area contributed by atoms with Gasteiger partial charge in [-0.15, -0.1) is 0 Å². The Morgan fingerprint density at radius 3 is 2.62 bits per heavy atom. The number of nitrogens with zero attached hydrogens (tertiary/aromatic N) is 4. The van der Waals surface area contributed by atoms with Crippen LogP contribution < -0.4 is 9.80 Å². The quantitative estimate of drug-likeness (QED) is 0.223. The maximum absolute atomic E-state index is 13.8. The Hall–Kier alpha value is -3.26. The number of hydrogen-bond donors (Lipinski definition) is 0. The van der Waals surface area contributed by atoms with Crippen LogP contribution in [0.3, 0.4) is 0 Å². The summed E-state index contributed by atoms with van der Waals surface area (Å²) in [4.78, 5) is 17.9. The van der Waals surface area contributed by atoms with E-state index in [2.05, 4.69) is 21.8 Å². The lowest BCUT2D eigenvalue weighted by molar-refractivity contribution is 0.101. The van der Waals surface area contributed by atoms with Gasteiger partial charge in [-0.05, 0) is 73.8 Å². The van der Waals surface area contributed by atoms with E-state index in [1.165, 1.54) is 18.5 Å². The molecule has 0 bridgehead atoms. The highest BCUT2D eigenvalue weighted by atomic mass is 35.5. The highest BCUT2D eigenvalue weighted by Gasteiger charge is 2.24. The molecular formula is C29H30ClFN4O2. The minimum atomic E-state index is -0.316. The molecule has 3 aromatic carbocycles. The van der Waals surface area contributed by atoms with E-state index in [0.717, 1.165) is 49.8 Å². The van der Waals surface area contributed by atoms with Crippen LogP contribution in [-0.2, 0) is 11.4 Å². The van der Waals surface area contributed by atoms with Crippen molar-refractivity contribution in [2.75, 3.05) is 24.7 Å². The molecule has 0 N–H and O–H groups in total. The molecule has 1 fully saturated rings. The number of ether oxygens (including phenoxy) is 1. The lowest BCUT2D eigenvalue weighted by Crippen LogP contribution is -2.38. The van der Waals surface area contributed by atoms with Crippen LogP contribution in [0.4, 0.5) is 15.9 Å². The topological polar surface area (TPSA) is 50.7 Å². The molecule has 1 saturated heterocycles. The van der Waals surface area contributed by atoms with Gasteiger partial charge >= 0.3 is 0 Å². The Bertz CT molecular complexity index is 1340. The molecule has 0 unspecified atom stereocenters. The molecule has 5 rings (SSSR count). The Kier molecular flexibility index (Phi) is 8.14. The summed E-state index contributed by atoms with van der Waals surface area (Å²) < 4.78 is 20.4. The van der Waals surface area contributed by atoms with Gasteiger partial charge in [0.2, 0.25) is 0 Å². The van der Waals surface area contributed by atoms with Crippen LogP contribution in [0, 0.1) is 5.82 Å². The van der Waals surface area contributed by atoms with E-state index in [-0.39, 0.29) is 18.5 Å². The first-order chi connectivity index (χ1) is 18.1. The van der Waals surface area contributed by atoms with Crippen molar-refractivity contribution in [1.29, 1.82) is 0 Å². The van der Waals surface area contributed by atoms with Crippen LogP contribution in [0.5, 0.6) is 5.75 Å². The highest BCUT2D eigenvalue weighted by molar-refractivity contribution is 6.30. The van der Waals surface area contributed by atoms with Crippen molar-refractivity contribution in [3.63, 3.8) is 0 Å². The lowest BCUT2D eigenvalue weighted by atomic mass is 10.1. The van der Waals surface area contributed by atoms with Crippen molar-refractivity contribution in [3.05, 3.63) is 89.5 Å². The third-order valence-electron chi connectivity index (χ3n) is 6.46. The Morgan fingerprint density at radius 2 is 1.84 bits per heavy atom. The monoisotopic (exact) mass is 520 g/mol. The molecule has 1 aliphatic rings. The number of halogens is 2. The number of anilines is 2. The molecule has 1 aliphatic heterocycles. The van der Waals surface area contributed by atoms with Crippen LogP contribution in [0.25, 0.3) is 10.9 Å². The maximum atomic E-state index is 13.8. The van der Waals surface area contributed by atoms with E-state index in [1.54, 1.807) is 23.3 Å². The second-order valence-corrected chi connectivity index (χ2v) is 9.62. The largest absolute Gasteiger partial charge is 0.489 e. The summed E-state index contributed by atoms with van der Waals surface area (Å²) in [5.74, 6) is 0.926. The fraction of sp³-hybridized carbons (Fsp3) is 0.310. The second-order valence-electron chi connectivity index (χ2n) is 9.18. The molecule has 1 aromatic heterocycles. The number of likely N-dealkylation sites (tertiary alicyclic amines) is 1. The zero-order valence-corrected chi connectivity index (χ0v) is 21.6. The molecular weight excluding hydrogens is 491 g/mol. The summed E-state index contributed by atoms with van der Waals surface area (Å²) in [5.41, 5.74) is 2.12. The van der Waals surface area contributed by atoms with Crippen molar-refractivity contribution in [3.8, 4) is 5.75 Å². The highest BCUT2D eigenvalue weighted by Crippen LogP contribution is 2.37. The van der Waals surface area contributed by atoms with Gasteiger partial charge in [-0.2, -0.15) is 0 Å². The summed E-state index contributed by atoms with van der Waals surface area (Å²) in [6, 6.07) is 19.5. The molecule has 4 aromatic rings. The molecule has 0 spiro atoms.